The Bertz CT molecular complexity index is 1040. The zero-order valence-corrected chi connectivity index (χ0v) is 19.2. The molecule has 0 aliphatic heterocycles. The van der Waals surface area contributed by atoms with Gasteiger partial charge in [-0.25, -0.2) is 8.42 Å². The van der Waals surface area contributed by atoms with Gasteiger partial charge < -0.3 is 15.4 Å². The lowest BCUT2D eigenvalue weighted by molar-refractivity contribution is -0.114. The van der Waals surface area contributed by atoms with Crippen molar-refractivity contribution in [1.29, 1.82) is 0 Å². The quantitative estimate of drug-likeness (QED) is 0.523. The van der Waals surface area contributed by atoms with E-state index in [1.54, 1.807) is 56.5 Å². The minimum Gasteiger partial charge on any atom is -0.385 e. The molecular formula is C21H26ClN3O5S. The minimum atomic E-state index is -3.77. The van der Waals surface area contributed by atoms with E-state index in [9.17, 15) is 18.0 Å². The van der Waals surface area contributed by atoms with E-state index in [1.165, 1.54) is 0 Å². The van der Waals surface area contributed by atoms with Crippen molar-refractivity contribution in [2.45, 2.75) is 13.3 Å². The molecule has 2 N–H and O–H groups in total. The van der Waals surface area contributed by atoms with Gasteiger partial charge in [0.1, 0.15) is 6.54 Å². The van der Waals surface area contributed by atoms with Gasteiger partial charge in [-0.05, 0) is 43.2 Å². The van der Waals surface area contributed by atoms with Gasteiger partial charge in [-0.15, -0.1) is 0 Å². The third-order valence-corrected chi connectivity index (χ3v) is 5.99. The molecule has 0 heterocycles. The molecule has 0 unspecified atom stereocenters. The average Bonchev–Trinajstić information content (AvgIpc) is 2.71. The molecule has 0 saturated carbocycles. The third kappa shape index (κ3) is 6.95. The van der Waals surface area contributed by atoms with E-state index < -0.39 is 22.5 Å². The summed E-state index contributed by atoms with van der Waals surface area (Å²) in [6, 6.07) is 11.3. The van der Waals surface area contributed by atoms with Gasteiger partial charge in [0.15, 0.2) is 0 Å². The largest absolute Gasteiger partial charge is 0.385 e. The number of hydrogen-bond acceptors (Lipinski definition) is 5. The highest BCUT2D eigenvalue weighted by Crippen LogP contribution is 2.28. The molecule has 0 atom stereocenters. The molecule has 0 aliphatic rings. The normalized spacial score (nSPS) is 11.1. The highest BCUT2D eigenvalue weighted by atomic mass is 35.5. The van der Waals surface area contributed by atoms with Gasteiger partial charge >= 0.3 is 0 Å². The van der Waals surface area contributed by atoms with Gasteiger partial charge in [0.2, 0.25) is 15.9 Å². The Labute approximate surface area is 187 Å². The zero-order chi connectivity index (χ0) is 23.0. The summed E-state index contributed by atoms with van der Waals surface area (Å²) in [6.07, 6.45) is 1.67. The van der Waals surface area contributed by atoms with Gasteiger partial charge in [-0.1, -0.05) is 29.8 Å². The van der Waals surface area contributed by atoms with Crippen LogP contribution in [0.3, 0.4) is 0 Å². The van der Waals surface area contributed by atoms with E-state index >= 15 is 0 Å². The second kappa shape index (κ2) is 11.1. The van der Waals surface area contributed by atoms with Crippen LogP contribution in [-0.2, 0) is 19.6 Å². The number of nitrogens with zero attached hydrogens (tertiary/aromatic N) is 1. The van der Waals surface area contributed by atoms with Crippen LogP contribution in [0.1, 0.15) is 22.3 Å². The summed E-state index contributed by atoms with van der Waals surface area (Å²) in [6.45, 7) is 2.15. The van der Waals surface area contributed by atoms with Gasteiger partial charge in [0.25, 0.3) is 5.91 Å². The fraction of sp³-hybridized carbons (Fsp3) is 0.333. The first-order chi connectivity index (χ1) is 14.6. The van der Waals surface area contributed by atoms with Gasteiger partial charge in [-0.2, -0.15) is 0 Å². The van der Waals surface area contributed by atoms with Crippen LogP contribution < -0.4 is 14.9 Å². The Hall–Kier alpha value is -2.62. The molecule has 2 aromatic rings. The molecule has 2 aromatic carbocycles. The van der Waals surface area contributed by atoms with Crippen LogP contribution in [0.2, 0.25) is 5.02 Å². The monoisotopic (exact) mass is 467 g/mol. The molecule has 0 aromatic heterocycles. The summed E-state index contributed by atoms with van der Waals surface area (Å²) in [5.41, 5.74) is 1.42. The second-order valence-electron chi connectivity index (χ2n) is 6.85. The van der Waals surface area contributed by atoms with Gasteiger partial charge in [0, 0.05) is 25.3 Å². The maximum absolute atomic E-state index is 12.7. The van der Waals surface area contributed by atoms with Gasteiger partial charge in [-0.3, -0.25) is 13.9 Å². The molecule has 2 rings (SSSR count). The number of para-hydroxylation sites is 1. The molecule has 31 heavy (non-hydrogen) atoms. The van der Waals surface area contributed by atoms with Crippen molar-refractivity contribution in [3.05, 3.63) is 58.6 Å². The van der Waals surface area contributed by atoms with Crippen LogP contribution in [0.25, 0.3) is 0 Å². The Morgan fingerprint density at radius 2 is 1.84 bits per heavy atom. The SMILES string of the molecule is COCCCNC(=O)c1ccccc1NC(=O)CN(c1cccc(Cl)c1C)S(C)(=O)=O. The number of nitrogens with one attached hydrogen (secondary N) is 2. The van der Waals surface area contributed by atoms with Crippen molar-refractivity contribution in [1.82, 2.24) is 5.32 Å². The highest BCUT2D eigenvalue weighted by molar-refractivity contribution is 7.92. The lowest BCUT2D eigenvalue weighted by Gasteiger charge is -2.24. The number of sulfonamides is 1. The number of carbonyl (C=O) groups is 2. The maximum atomic E-state index is 12.7. The number of hydrogen-bond donors (Lipinski definition) is 2. The summed E-state index contributed by atoms with van der Waals surface area (Å²) >= 11 is 6.12. The molecule has 0 saturated heterocycles. The van der Waals surface area contributed by atoms with E-state index in [0.717, 1.165) is 10.6 Å². The maximum Gasteiger partial charge on any atom is 0.253 e. The van der Waals surface area contributed by atoms with Crippen molar-refractivity contribution in [2.24, 2.45) is 0 Å². The van der Waals surface area contributed by atoms with Crippen LogP contribution in [0.15, 0.2) is 42.5 Å². The van der Waals surface area contributed by atoms with Crippen molar-refractivity contribution in [2.75, 3.05) is 42.7 Å². The Balaban J connectivity index is 2.19. The summed E-state index contributed by atoms with van der Waals surface area (Å²) in [5, 5.41) is 5.79. The third-order valence-electron chi connectivity index (χ3n) is 4.45. The van der Waals surface area contributed by atoms with Crippen LogP contribution in [0, 0.1) is 6.92 Å². The predicted octanol–water partition coefficient (Wildman–Crippen LogP) is 2.82. The summed E-state index contributed by atoms with van der Waals surface area (Å²) in [5.74, 6) is -0.943. The summed E-state index contributed by atoms with van der Waals surface area (Å²) < 4.78 is 30.7. The minimum absolute atomic E-state index is 0.276. The van der Waals surface area contributed by atoms with E-state index in [1.807, 2.05) is 0 Å². The Morgan fingerprint density at radius 1 is 1.13 bits per heavy atom. The molecule has 2 amide bonds. The van der Waals surface area contributed by atoms with E-state index in [4.69, 9.17) is 16.3 Å². The lowest BCUT2D eigenvalue weighted by Crippen LogP contribution is -2.38. The molecule has 0 fully saturated rings. The highest BCUT2D eigenvalue weighted by Gasteiger charge is 2.24. The number of ether oxygens (including phenoxy) is 1. The smallest absolute Gasteiger partial charge is 0.253 e. The topological polar surface area (TPSA) is 105 Å². The number of carbonyl (C=O) groups excluding carboxylic acids is 2. The molecule has 10 heteroatoms. The average molecular weight is 468 g/mol. The molecule has 0 aliphatic carbocycles. The van der Waals surface area contributed by atoms with Crippen LogP contribution in [0.5, 0.6) is 0 Å². The Kier molecular flexibility index (Phi) is 8.85. The number of methoxy groups -OCH3 is 1. The van der Waals surface area contributed by atoms with Gasteiger partial charge in [0.05, 0.1) is 23.2 Å². The second-order valence-corrected chi connectivity index (χ2v) is 9.16. The molecular weight excluding hydrogens is 442 g/mol. The molecule has 168 valence electrons. The van der Waals surface area contributed by atoms with Crippen LogP contribution in [-0.4, -0.2) is 53.3 Å². The first-order valence-electron chi connectivity index (χ1n) is 9.54. The zero-order valence-electron chi connectivity index (χ0n) is 17.6. The fourth-order valence-electron chi connectivity index (χ4n) is 2.87. The first kappa shape index (κ1) is 24.6. The molecule has 8 nitrogen and oxygen atoms in total. The lowest BCUT2D eigenvalue weighted by atomic mass is 10.1. The van der Waals surface area contributed by atoms with Crippen LogP contribution >= 0.6 is 11.6 Å². The first-order valence-corrected chi connectivity index (χ1v) is 11.8. The number of rotatable bonds is 10. The molecule has 0 spiro atoms. The van der Waals surface area contributed by atoms with Crippen LogP contribution in [0.4, 0.5) is 11.4 Å². The van der Waals surface area contributed by atoms with E-state index in [-0.39, 0.29) is 17.2 Å². The predicted molar refractivity (Wildman–Crippen MR) is 122 cm³/mol. The van der Waals surface area contributed by atoms with Crippen molar-refractivity contribution in [3.63, 3.8) is 0 Å². The number of amides is 2. The summed E-state index contributed by atoms with van der Waals surface area (Å²) in [4.78, 5) is 25.2. The standard InChI is InChI=1S/C21H26ClN3O5S/c1-15-17(22)9-6-11-19(15)25(31(3,28)29)14-20(26)24-18-10-5-4-8-16(18)21(27)23-12-7-13-30-2/h4-6,8-11H,7,12-14H2,1-3H3,(H,23,27)(H,24,26). The Morgan fingerprint density at radius 3 is 2.52 bits per heavy atom. The molecule has 0 radical (unpaired) electrons. The number of anilines is 2. The number of halogens is 1. The van der Waals surface area contributed by atoms with E-state index in [0.29, 0.717) is 35.8 Å². The van der Waals surface area contributed by atoms with Crippen molar-refractivity contribution < 1.29 is 22.7 Å². The number of benzene rings is 2. The molecule has 0 bridgehead atoms. The fourth-order valence-corrected chi connectivity index (χ4v) is 3.95. The summed E-state index contributed by atoms with van der Waals surface area (Å²) in [7, 11) is -2.19. The van der Waals surface area contributed by atoms with Crippen molar-refractivity contribution >= 4 is 44.8 Å². The van der Waals surface area contributed by atoms with Crippen molar-refractivity contribution in [3.8, 4) is 0 Å². The van der Waals surface area contributed by atoms with E-state index in [2.05, 4.69) is 10.6 Å².